The molecule has 0 spiro atoms. The number of hydrogen-bond donors (Lipinski definition) is 1. The number of ether oxygens (including phenoxy) is 3. The molecular weight excluding hydrogens is 408 g/mol. The second-order valence-corrected chi connectivity index (χ2v) is 8.71. The van der Waals surface area contributed by atoms with Crippen molar-refractivity contribution >= 4 is 16.9 Å². The number of fused-ring (bicyclic) bond motifs is 1. The lowest BCUT2D eigenvalue weighted by Gasteiger charge is -2.24. The van der Waals surface area contributed by atoms with E-state index in [4.69, 9.17) is 19.2 Å². The van der Waals surface area contributed by atoms with Crippen LogP contribution in [0.5, 0.6) is 17.4 Å². The third kappa shape index (κ3) is 3.97. The van der Waals surface area contributed by atoms with Gasteiger partial charge in [-0.25, -0.2) is 9.97 Å². The third-order valence-corrected chi connectivity index (χ3v) is 6.40. The zero-order valence-corrected chi connectivity index (χ0v) is 18.6. The lowest BCUT2D eigenvalue weighted by Crippen LogP contribution is -2.30. The SMILES string of the molecule is COc1ccc(-c2cc3ncn(C)c3c(OC(CC3CC3)[C@H]3CNC(=O)C3)n2)cc1OC. The summed E-state index contributed by atoms with van der Waals surface area (Å²) < 4.78 is 19.4. The molecule has 1 aliphatic carbocycles. The van der Waals surface area contributed by atoms with E-state index in [9.17, 15) is 4.79 Å². The van der Waals surface area contributed by atoms with Crippen molar-refractivity contribution in [2.45, 2.75) is 31.8 Å². The average Bonchev–Trinajstić information content (AvgIpc) is 3.39. The Bertz CT molecular complexity index is 1150. The molecular formula is C24H28N4O4. The summed E-state index contributed by atoms with van der Waals surface area (Å²) in [4.78, 5) is 21.3. The third-order valence-electron chi connectivity index (χ3n) is 6.40. The number of nitrogens with one attached hydrogen (secondary N) is 1. The summed E-state index contributed by atoms with van der Waals surface area (Å²) in [6.07, 6.45) is 5.62. The Labute approximate surface area is 186 Å². The van der Waals surface area contributed by atoms with E-state index in [1.54, 1.807) is 20.5 Å². The normalized spacial score (nSPS) is 19.1. The molecule has 2 atom stereocenters. The van der Waals surface area contributed by atoms with Crippen molar-refractivity contribution in [2.75, 3.05) is 20.8 Å². The molecule has 0 radical (unpaired) electrons. The summed E-state index contributed by atoms with van der Waals surface area (Å²) in [7, 11) is 5.17. The molecule has 32 heavy (non-hydrogen) atoms. The molecule has 8 nitrogen and oxygen atoms in total. The van der Waals surface area contributed by atoms with Crippen LogP contribution in [0.25, 0.3) is 22.3 Å². The maximum absolute atomic E-state index is 11.9. The van der Waals surface area contributed by atoms with E-state index in [0.717, 1.165) is 28.7 Å². The highest BCUT2D eigenvalue weighted by atomic mass is 16.5. The number of carbonyl (C=O) groups excluding carboxylic acids is 1. The van der Waals surface area contributed by atoms with Crippen LogP contribution in [0.2, 0.25) is 0 Å². The number of methoxy groups -OCH3 is 2. The Hall–Kier alpha value is -3.29. The number of amides is 1. The quantitative estimate of drug-likeness (QED) is 0.583. The summed E-state index contributed by atoms with van der Waals surface area (Å²) in [6.45, 7) is 0.653. The van der Waals surface area contributed by atoms with Crippen molar-refractivity contribution in [1.82, 2.24) is 19.9 Å². The molecule has 1 aromatic carbocycles. The fraction of sp³-hybridized carbons (Fsp3) is 0.458. The second kappa shape index (κ2) is 8.33. The van der Waals surface area contributed by atoms with Gasteiger partial charge in [0.1, 0.15) is 11.6 Å². The van der Waals surface area contributed by atoms with Gasteiger partial charge in [-0.15, -0.1) is 0 Å². The Balaban J connectivity index is 1.54. The highest BCUT2D eigenvalue weighted by molar-refractivity contribution is 5.85. The first-order chi connectivity index (χ1) is 15.6. The number of aryl methyl sites for hydroxylation is 1. The number of benzene rings is 1. The maximum atomic E-state index is 11.9. The van der Waals surface area contributed by atoms with Crippen LogP contribution in [0.3, 0.4) is 0 Å². The molecule has 2 fully saturated rings. The first-order valence-corrected chi connectivity index (χ1v) is 11.0. The molecule has 1 unspecified atom stereocenters. The Morgan fingerprint density at radius 1 is 1.19 bits per heavy atom. The van der Waals surface area contributed by atoms with Gasteiger partial charge in [0.2, 0.25) is 11.8 Å². The summed E-state index contributed by atoms with van der Waals surface area (Å²) in [5, 5.41) is 2.95. The molecule has 1 saturated carbocycles. The highest BCUT2D eigenvalue weighted by Crippen LogP contribution is 2.39. The van der Waals surface area contributed by atoms with Gasteiger partial charge in [0.15, 0.2) is 11.5 Å². The van der Waals surface area contributed by atoms with E-state index < -0.39 is 0 Å². The van der Waals surface area contributed by atoms with E-state index in [0.29, 0.717) is 36.3 Å². The molecule has 8 heteroatoms. The lowest BCUT2D eigenvalue weighted by atomic mass is 9.96. The zero-order valence-electron chi connectivity index (χ0n) is 18.6. The molecule has 1 N–H and O–H groups in total. The Kier molecular flexibility index (Phi) is 5.36. The van der Waals surface area contributed by atoms with Crippen LogP contribution >= 0.6 is 0 Å². The summed E-state index contributed by atoms with van der Waals surface area (Å²) in [6, 6.07) is 7.68. The molecule has 1 amide bonds. The summed E-state index contributed by atoms with van der Waals surface area (Å²) >= 11 is 0. The minimum absolute atomic E-state index is 0.0623. The largest absolute Gasteiger partial charge is 0.493 e. The van der Waals surface area contributed by atoms with Crippen molar-refractivity contribution in [2.24, 2.45) is 18.9 Å². The molecule has 2 aromatic heterocycles. The fourth-order valence-electron chi connectivity index (χ4n) is 4.42. The predicted octanol–water partition coefficient (Wildman–Crippen LogP) is 3.34. The number of hydrogen-bond acceptors (Lipinski definition) is 6. The van der Waals surface area contributed by atoms with Gasteiger partial charge < -0.3 is 24.1 Å². The van der Waals surface area contributed by atoms with Gasteiger partial charge in [0, 0.05) is 31.5 Å². The topological polar surface area (TPSA) is 87.5 Å². The van der Waals surface area contributed by atoms with E-state index in [2.05, 4.69) is 10.3 Å². The van der Waals surface area contributed by atoms with Gasteiger partial charge in [-0.1, -0.05) is 12.8 Å². The smallest absolute Gasteiger partial charge is 0.241 e. The van der Waals surface area contributed by atoms with E-state index >= 15 is 0 Å². The molecule has 3 heterocycles. The minimum Gasteiger partial charge on any atom is -0.493 e. The zero-order chi connectivity index (χ0) is 22.2. The van der Waals surface area contributed by atoms with Gasteiger partial charge in [-0.3, -0.25) is 4.79 Å². The lowest BCUT2D eigenvalue weighted by molar-refractivity contribution is -0.119. The molecule has 1 saturated heterocycles. The number of imidazole rings is 1. The van der Waals surface area contributed by atoms with Gasteiger partial charge in [0.05, 0.1) is 31.8 Å². The molecule has 3 aromatic rings. The fourth-order valence-corrected chi connectivity index (χ4v) is 4.42. The number of pyridine rings is 1. The molecule has 168 valence electrons. The first-order valence-electron chi connectivity index (χ1n) is 11.0. The Morgan fingerprint density at radius 2 is 2.00 bits per heavy atom. The van der Waals surface area contributed by atoms with Gasteiger partial charge in [-0.2, -0.15) is 0 Å². The average molecular weight is 437 g/mol. The van der Waals surface area contributed by atoms with Gasteiger partial charge in [-0.05, 0) is 36.6 Å². The molecule has 5 rings (SSSR count). The second-order valence-electron chi connectivity index (χ2n) is 8.71. The number of aromatic nitrogens is 3. The monoisotopic (exact) mass is 436 g/mol. The van der Waals surface area contributed by atoms with Crippen LogP contribution in [0, 0.1) is 11.8 Å². The van der Waals surface area contributed by atoms with Crippen LogP contribution in [-0.4, -0.2) is 47.3 Å². The minimum atomic E-state index is -0.0623. The summed E-state index contributed by atoms with van der Waals surface area (Å²) in [5.74, 6) is 2.77. The first kappa shape index (κ1) is 20.6. The molecule has 2 aliphatic rings. The van der Waals surface area contributed by atoms with Crippen molar-refractivity contribution in [3.05, 3.63) is 30.6 Å². The van der Waals surface area contributed by atoms with E-state index in [-0.39, 0.29) is 17.9 Å². The van der Waals surface area contributed by atoms with Crippen LogP contribution in [0.15, 0.2) is 30.6 Å². The summed E-state index contributed by atoms with van der Waals surface area (Å²) in [5.41, 5.74) is 3.30. The number of rotatable bonds is 8. The molecule has 0 bridgehead atoms. The van der Waals surface area contributed by atoms with Crippen molar-refractivity contribution in [3.8, 4) is 28.6 Å². The standard InChI is InChI=1S/C24H28N4O4/c1-28-13-26-18-11-17(15-6-7-19(30-2)21(9-15)31-3)27-24(23(18)28)32-20(8-14-4-5-14)16-10-22(29)25-12-16/h6-7,9,11,13-14,16,20H,4-5,8,10,12H2,1-3H3,(H,25,29)/t16-,20?/m1/s1. The maximum Gasteiger partial charge on any atom is 0.241 e. The molecule has 1 aliphatic heterocycles. The van der Waals surface area contributed by atoms with Crippen molar-refractivity contribution in [3.63, 3.8) is 0 Å². The van der Waals surface area contributed by atoms with Crippen LogP contribution in [0.1, 0.15) is 25.7 Å². The Morgan fingerprint density at radius 3 is 2.69 bits per heavy atom. The van der Waals surface area contributed by atoms with Crippen molar-refractivity contribution in [1.29, 1.82) is 0 Å². The van der Waals surface area contributed by atoms with Crippen LogP contribution in [0.4, 0.5) is 0 Å². The number of nitrogens with zero attached hydrogens (tertiary/aromatic N) is 3. The number of carbonyl (C=O) groups is 1. The predicted molar refractivity (Wildman–Crippen MR) is 120 cm³/mol. The van der Waals surface area contributed by atoms with Gasteiger partial charge >= 0.3 is 0 Å². The van der Waals surface area contributed by atoms with E-state index in [1.807, 2.05) is 35.9 Å². The van der Waals surface area contributed by atoms with Gasteiger partial charge in [0.25, 0.3) is 0 Å². The van der Waals surface area contributed by atoms with E-state index in [1.165, 1.54) is 12.8 Å². The van der Waals surface area contributed by atoms with Crippen LogP contribution < -0.4 is 19.5 Å². The van der Waals surface area contributed by atoms with Crippen molar-refractivity contribution < 1.29 is 19.0 Å². The highest BCUT2D eigenvalue weighted by Gasteiger charge is 2.36. The van der Waals surface area contributed by atoms with Crippen LogP contribution in [-0.2, 0) is 11.8 Å².